The second-order valence-corrected chi connectivity index (χ2v) is 6.37. The summed E-state index contributed by atoms with van der Waals surface area (Å²) in [4.78, 5) is 0. The predicted molar refractivity (Wildman–Crippen MR) is 65.2 cm³/mol. The van der Waals surface area contributed by atoms with Crippen molar-refractivity contribution in [3.05, 3.63) is 0 Å². The molecule has 0 amide bonds. The zero-order chi connectivity index (χ0) is 12.9. The number of nitrogens with one attached hydrogen (secondary N) is 1. The van der Waals surface area contributed by atoms with Crippen LogP contribution in [0.4, 0.5) is 0 Å². The van der Waals surface area contributed by atoms with Crippen LogP contribution in [0.2, 0.25) is 0 Å². The first-order valence-corrected chi connectivity index (χ1v) is 7.36. The fourth-order valence-electron chi connectivity index (χ4n) is 1.82. The van der Waals surface area contributed by atoms with Gasteiger partial charge < -0.3 is 15.2 Å². The molecule has 1 heterocycles. The number of nitrogens with two attached hydrogens (primary N) is 1. The van der Waals surface area contributed by atoms with Gasteiger partial charge in [-0.2, -0.15) is 0 Å². The maximum atomic E-state index is 11.9. The van der Waals surface area contributed by atoms with Gasteiger partial charge >= 0.3 is 0 Å². The van der Waals surface area contributed by atoms with Gasteiger partial charge in [-0.15, -0.1) is 0 Å². The lowest BCUT2D eigenvalue weighted by molar-refractivity contribution is -0.0121. The molecule has 1 rings (SSSR count). The van der Waals surface area contributed by atoms with Crippen molar-refractivity contribution >= 4 is 10.0 Å². The molecule has 1 aliphatic rings. The molecular formula is C10H22N2O4S. The molecule has 0 spiro atoms. The lowest BCUT2D eigenvalue weighted by Crippen LogP contribution is -2.48. The first-order chi connectivity index (χ1) is 7.99. The SMILES string of the molecule is CCC(CN)S(=O)(=O)NCC1(OC)CCOC1. The van der Waals surface area contributed by atoms with Crippen molar-refractivity contribution in [2.45, 2.75) is 30.6 Å². The molecule has 6 nitrogen and oxygen atoms in total. The molecular weight excluding hydrogens is 244 g/mol. The van der Waals surface area contributed by atoms with Crippen LogP contribution >= 0.6 is 0 Å². The summed E-state index contributed by atoms with van der Waals surface area (Å²) in [6, 6.07) is 0. The third kappa shape index (κ3) is 3.62. The van der Waals surface area contributed by atoms with E-state index in [0.29, 0.717) is 26.1 Å². The first-order valence-electron chi connectivity index (χ1n) is 5.81. The Labute approximate surface area is 103 Å². The normalized spacial score (nSPS) is 27.2. The molecule has 2 atom stereocenters. The van der Waals surface area contributed by atoms with Crippen molar-refractivity contribution in [3.8, 4) is 0 Å². The molecule has 0 aromatic heterocycles. The molecule has 102 valence electrons. The minimum absolute atomic E-state index is 0.127. The summed E-state index contributed by atoms with van der Waals surface area (Å²) in [6.45, 7) is 3.20. The van der Waals surface area contributed by atoms with Crippen molar-refractivity contribution < 1.29 is 17.9 Å². The molecule has 2 unspecified atom stereocenters. The summed E-state index contributed by atoms with van der Waals surface area (Å²) >= 11 is 0. The van der Waals surface area contributed by atoms with Gasteiger partial charge in [0.05, 0.1) is 11.9 Å². The van der Waals surface area contributed by atoms with Gasteiger partial charge in [0.2, 0.25) is 10.0 Å². The summed E-state index contributed by atoms with van der Waals surface area (Å²) in [6.07, 6.45) is 1.20. The van der Waals surface area contributed by atoms with E-state index < -0.39 is 20.9 Å². The van der Waals surface area contributed by atoms with Crippen LogP contribution in [0.3, 0.4) is 0 Å². The smallest absolute Gasteiger partial charge is 0.215 e. The van der Waals surface area contributed by atoms with E-state index in [-0.39, 0.29) is 13.1 Å². The molecule has 0 radical (unpaired) electrons. The summed E-state index contributed by atoms with van der Waals surface area (Å²) in [5.74, 6) is 0. The largest absolute Gasteiger partial charge is 0.378 e. The van der Waals surface area contributed by atoms with Crippen molar-refractivity contribution in [1.29, 1.82) is 0 Å². The Morgan fingerprint density at radius 2 is 2.29 bits per heavy atom. The fraction of sp³-hybridized carbons (Fsp3) is 1.00. The number of methoxy groups -OCH3 is 1. The van der Waals surface area contributed by atoms with E-state index in [2.05, 4.69) is 4.72 Å². The van der Waals surface area contributed by atoms with E-state index >= 15 is 0 Å². The number of ether oxygens (including phenoxy) is 2. The highest BCUT2D eigenvalue weighted by Crippen LogP contribution is 2.22. The third-order valence-corrected chi connectivity index (χ3v) is 5.20. The third-order valence-electron chi connectivity index (χ3n) is 3.25. The molecule has 0 aromatic carbocycles. The summed E-state index contributed by atoms with van der Waals surface area (Å²) in [5.41, 5.74) is 4.92. The number of sulfonamides is 1. The van der Waals surface area contributed by atoms with E-state index in [4.69, 9.17) is 15.2 Å². The molecule has 3 N–H and O–H groups in total. The summed E-state index contributed by atoms with van der Waals surface area (Å²) in [5, 5.41) is -0.543. The number of hydrogen-bond donors (Lipinski definition) is 2. The lowest BCUT2D eigenvalue weighted by Gasteiger charge is -2.27. The predicted octanol–water partition coefficient (Wildman–Crippen LogP) is -0.551. The van der Waals surface area contributed by atoms with E-state index in [9.17, 15) is 8.42 Å². The Bertz CT molecular complexity index is 321. The first kappa shape index (κ1) is 14.8. The maximum absolute atomic E-state index is 11.9. The van der Waals surface area contributed by atoms with Gasteiger partial charge in [-0.1, -0.05) is 6.92 Å². The summed E-state index contributed by atoms with van der Waals surface area (Å²) in [7, 11) is -1.80. The fourth-order valence-corrected chi connectivity index (χ4v) is 3.22. The van der Waals surface area contributed by atoms with Crippen LogP contribution in [0.5, 0.6) is 0 Å². The highest BCUT2D eigenvalue weighted by atomic mass is 32.2. The number of hydrogen-bond acceptors (Lipinski definition) is 5. The summed E-state index contributed by atoms with van der Waals surface area (Å²) < 4.78 is 37.0. The topological polar surface area (TPSA) is 90.7 Å². The van der Waals surface area contributed by atoms with E-state index in [1.54, 1.807) is 7.11 Å². The molecule has 0 saturated carbocycles. The van der Waals surface area contributed by atoms with Crippen molar-refractivity contribution in [1.82, 2.24) is 4.72 Å². The van der Waals surface area contributed by atoms with Gasteiger partial charge in [0, 0.05) is 33.2 Å². The van der Waals surface area contributed by atoms with E-state index in [0.717, 1.165) is 0 Å². The minimum atomic E-state index is -3.37. The molecule has 7 heteroatoms. The quantitative estimate of drug-likeness (QED) is 0.645. The van der Waals surface area contributed by atoms with Gasteiger partial charge in [0.15, 0.2) is 0 Å². The second kappa shape index (κ2) is 6.10. The van der Waals surface area contributed by atoms with Crippen LogP contribution in [-0.2, 0) is 19.5 Å². The highest BCUT2D eigenvalue weighted by molar-refractivity contribution is 7.90. The molecule has 0 aliphatic carbocycles. The van der Waals surface area contributed by atoms with Crippen molar-refractivity contribution in [2.24, 2.45) is 5.73 Å². The molecule has 0 aromatic rings. The zero-order valence-electron chi connectivity index (χ0n) is 10.4. The molecule has 17 heavy (non-hydrogen) atoms. The standard InChI is InChI=1S/C10H22N2O4S/c1-3-9(6-11)17(13,14)12-7-10(15-2)4-5-16-8-10/h9,12H,3-8,11H2,1-2H3. The monoisotopic (exact) mass is 266 g/mol. The zero-order valence-corrected chi connectivity index (χ0v) is 11.3. The van der Waals surface area contributed by atoms with Crippen LogP contribution < -0.4 is 10.5 Å². The Morgan fingerprint density at radius 1 is 1.59 bits per heavy atom. The van der Waals surface area contributed by atoms with E-state index in [1.165, 1.54) is 0 Å². The average Bonchev–Trinajstić information content (AvgIpc) is 2.77. The molecule has 1 aliphatic heterocycles. The van der Waals surface area contributed by atoms with Crippen LogP contribution in [0.25, 0.3) is 0 Å². The molecule has 1 fully saturated rings. The van der Waals surface area contributed by atoms with Crippen molar-refractivity contribution in [2.75, 3.05) is 33.4 Å². The Morgan fingerprint density at radius 3 is 2.71 bits per heavy atom. The van der Waals surface area contributed by atoms with Gasteiger partial charge in [-0.3, -0.25) is 0 Å². The second-order valence-electron chi connectivity index (χ2n) is 4.32. The minimum Gasteiger partial charge on any atom is -0.378 e. The van der Waals surface area contributed by atoms with E-state index in [1.807, 2.05) is 6.92 Å². The highest BCUT2D eigenvalue weighted by Gasteiger charge is 2.36. The van der Waals surface area contributed by atoms with Crippen molar-refractivity contribution in [3.63, 3.8) is 0 Å². The van der Waals surface area contributed by atoms with Crippen LogP contribution in [-0.4, -0.2) is 52.7 Å². The Hall–Kier alpha value is -0.210. The molecule has 0 bridgehead atoms. The Balaban J connectivity index is 2.59. The lowest BCUT2D eigenvalue weighted by atomic mass is 10.0. The average molecular weight is 266 g/mol. The van der Waals surface area contributed by atoms with Crippen LogP contribution in [0.1, 0.15) is 19.8 Å². The maximum Gasteiger partial charge on any atom is 0.215 e. The van der Waals surface area contributed by atoms with Gasteiger partial charge in [0.1, 0.15) is 5.60 Å². The van der Waals surface area contributed by atoms with Gasteiger partial charge in [-0.25, -0.2) is 13.1 Å². The van der Waals surface area contributed by atoms with Gasteiger partial charge in [-0.05, 0) is 6.42 Å². The van der Waals surface area contributed by atoms with Gasteiger partial charge in [0.25, 0.3) is 0 Å². The number of rotatable bonds is 7. The van der Waals surface area contributed by atoms with Crippen LogP contribution in [0, 0.1) is 0 Å². The Kier molecular flexibility index (Phi) is 5.33. The molecule has 1 saturated heterocycles. The van der Waals surface area contributed by atoms with Crippen LogP contribution in [0.15, 0.2) is 0 Å².